The SMILES string of the molecule is Cc1onc(-c2ccccc2)c1C(=O)OCC(=O)c1cccc(C(F)(F)F)c1. The highest BCUT2D eigenvalue weighted by molar-refractivity contribution is 6.01. The van der Waals surface area contributed by atoms with Crippen LogP contribution >= 0.6 is 0 Å². The van der Waals surface area contributed by atoms with Gasteiger partial charge in [0.05, 0.1) is 5.56 Å². The molecule has 0 unspecified atom stereocenters. The summed E-state index contributed by atoms with van der Waals surface area (Å²) in [6.45, 7) is 0.809. The summed E-state index contributed by atoms with van der Waals surface area (Å²) >= 11 is 0. The van der Waals surface area contributed by atoms with E-state index in [1.54, 1.807) is 30.3 Å². The Morgan fingerprint density at radius 2 is 1.79 bits per heavy atom. The minimum atomic E-state index is -4.57. The molecule has 3 rings (SSSR count). The largest absolute Gasteiger partial charge is 0.454 e. The maximum absolute atomic E-state index is 12.8. The van der Waals surface area contributed by atoms with E-state index in [0.29, 0.717) is 5.56 Å². The molecule has 2 aromatic carbocycles. The van der Waals surface area contributed by atoms with Gasteiger partial charge in [0, 0.05) is 11.1 Å². The molecular formula is C20H14F3NO4. The zero-order valence-electron chi connectivity index (χ0n) is 14.6. The first-order valence-corrected chi connectivity index (χ1v) is 8.16. The lowest BCUT2D eigenvalue weighted by atomic mass is 10.1. The van der Waals surface area contributed by atoms with Gasteiger partial charge in [-0.15, -0.1) is 0 Å². The number of carbonyl (C=O) groups excluding carboxylic acids is 2. The van der Waals surface area contributed by atoms with E-state index in [-0.39, 0.29) is 22.6 Å². The van der Waals surface area contributed by atoms with Gasteiger partial charge in [-0.05, 0) is 19.1 Å². The van der Waals surface area contributed by atoms with Crippen molar-refractivity contribution in [1.82, 2.24) is 5.16 Å². The number of rotatable bonds is 5. The van der Waals surface area contributed by atoms with Crippen LogP contribution in [0.2, 0.25) is 0 Å². The molecule has 0 aliphatic heterocycles. The van der Waals surface area contributed by atoms with Gasteiger partial charge in [-0.25, -0.2) is 4.79 Å². The van der Waals surface area contributed by atoms with Crippen molar-refractivity contribution in [2.45, 2.75) is 13.1 Å². The number of benzene rings is 2. The number of carbonyl (C=O) groups is 2. The fraction of sp³-hybridized carbons (Fsp3) is 0.150. The predicted molar refractivity (Wildman–Crippen MR) is 92.7 cm³/mol. The van der Waals surface area contributed by atoms with Crippen LogP contribution in [0.5, 0.6) is 0 Å². The second kappa shape index (κ2) is 7.67. The molecule has 0 aliphatic carbocycles. The van der Waals surface area contributed by atoms with Crippen molar-refractivity contribution in [2.24, 2.45) is 0 Å². The van der Waals surface area contributed by atoms with Gasteiger partial charge < -0.3 is 9.26 Å². The second-order valence-corrected chi connectivity index (χ2v) is 5.91. The van der Waals surface area contributed by atoms with Crippen molar-refractivity contribution in [3.63, 3.8) is 0 Å². The van der Waals surface area contributed by atoms with E-state index in [1.165, 1.54) is 13.0 Å². The minimum absolute atomic E-state index is 0.0584. The summed E-state index contributed by atoms with van der Waals surface area (Å²) in [6, 6.07) is 12.7. The Labute approximate surface area is 157 Å². The number of nitrogens with zero attached hydrogens (tertiary/aromatic N) is 1. The van der Waals surface area contributed by atoms with Crippen LogP contribution in [-0.4, -0.2) is 23.5 Å². The normalized spacial score (nSPS) is 11.3. The number of ketones is 1. The Kier molecular flexibility index (Phi) is 5.30. The molecular weight excluding hydrogens is 375 g/mol. The number of halogens is 3. The molecule has 0 N–H and O–H groups in total. The third kappa shape index (κ3) is 4.11. The zero-order valence-corrected chi connectivity index (χ0v) is 14.6. The maximum Gasteiger partial charge on any atom is 0.416 e. The Hall–Kier alpha value is -3.42. The van der Waals surface area contributed by atoms with Crippen LogP contribution in [0, 0.1) is 6.92 Å². The molecule has 0 radical (unpaired) electrons. The number of hydrogen-bond acceptors (Lipinski definition) is 5. The minimum Gasteiger partial charge on any atom is -0.454 e. The van der Waals surface area contributed by atoms with Crippen LogP contribution < -0.4 is 0 Å². The summed E-state index contributed by atoms with van der Waals surface area (Å²) in [7, 11) is 0. The maximum atomic E-state index is 12.8. The molecule has 0 saturated carbocycles. The third-order valence-electron chi connectivity index (χ3n) is 3.96. The van der Waals surface area contributed by atoms with Gasteiger partial charge >= 0.3 is 12.1 Å². The van der Waals surface area contributed by atoms with Gasteiger partial charge in [0.15, 0.2) is 12.4 Å². The highest BCUT2D eigenvalue weighted by Gasteiger charge is 2.31. The van der Waals surface area contributed by atoms with Crippen LogP contribution in [0.15, 0.2) is 59.1 Å². The molecule has 0 fully saturated rings. The van der Waals surface area contributed by atoms with Gasteiger partial charge in [-0.1, -0.05) is 47.6 Å². The van der Waals surface area contributed by atoms with E-state index in [4.69, 9.17) is 9.26 Å². The molecule has 1 aromatic heterocycles. The first-order chi connectivity index (χ1) is 13.3. The fourth-order valence-corrected chi connectivity index (χ4v) is 2.56. The molecule has 0 amide bonds. The first-order valence-electron chi connectivity index (χ1n) is 8.16. The third-order valence-corrected chi connectivity index (χ3v) is 3.96. The summed E-state index contributed by atoms with van der Waals surface area (Å²) < 4.78 is 48.4. The van der Waals surface area contributed by atoms with Crippen molar-refractivity contribution in [3.8, 4) is 11.3 Å². The van der Waals surface area contributed by atoms with Crippen molar-refractivity contribution in [2.75, 3.05) is 6.61 Å². The van der Waals surface area contributed by atoms with Gasteiger partial charge in [0.1, 0.15) is 17.0 Å². The van der Waals surface area contributed by atoms with Crippen molar-refractivity contribution in [3.05, 3.63) is 77.0 Å². The molecule has 0 aliphatic rings. The zero-order chi connectivity index (χ0) is 20.3. The van der Waals surface area contributed by atoms with E-state index in [0.717, 1.165) is 18.2 Å². The van der Waals surface area contributed by atoms with E-state index >= 15 is 0 Å². The van der Waals surface area contributed by atoms with Gasteiger partial charge in [0.2, 0.25) is 0 Å². The van der Waals surface area contributed by atoms with Crippen LogP contribution in [0.1, 0.15) is 32.0 Å². The van der Waals surface area contributed by atoms with Gasteiger partial charge in [-0.3, -0.25) is 4.79 Å². The number of alkyl halides is 3. The molecule has 0 saturated heterocycles. The van der Waals surface area contributed by atoms with Gasteiger partial charge in [0.25, 0.3) is 0 Å². The Balaban J connectivity index is 1.75. The second-order valence-electron chi connectivity index (χ2n) is 5.91. The number of aromatic nitrogens is 1. The summed E-state index contributed by atoms with van der Waals surface area (Å²) in [4.78, 5) is 24.6. The summed E-state index contributed by atoms with van der Waals surface area (Å²) in [5, 5.41) is 3.85. The average Bonchev–Trinajstić information content (AvgIpc) is 3.07. The van der Waals surface area contributed by atoms with E-state index in [2.05, 4.69) is 5.16 Å². The quantitative estimate of drug-likeness (QED) is 0.467. The van der Waals surface area contributed by atoms with E-state index in [1.807, 2.05) is 0 Å². The van der Waals surface area contributed by atoms with Gasteiger partial charge in [-0.2, -0.15) is 13.2 Å². The molecule has 8 heteroatoms. The van der Waals surface area contributed by atoms with Crippen molar-refractivity contribution >= 4 is 11.8 Å². The standard InChI is InChI=1S/C20H14F3NO4/c1-12-17(18(24-28-12)13-6-3-2-4-7-13)19(26)27-11-16(25)14-8-5-9-15(10-14)20(21,22)23/h2-10H,11H2,1H3. The van der Waals surface area contributed by atoms with Crippen LogP contribution in [0.3, 0.4) is 0 Å². The molecule has 1 heterocycles. The van der Waals surface area contributed by atoms with Crippen LogP contribution in [0.25, 0.3) is 11.3 Å². The number of Topliss-reactive ketones (excluding diaryl/α,β-unsaturated/α-hetero) is 1. The molecule has 144 valence electrons. The summed E-state index contributed by atoms with van der Waals surface area (Å²) in [6.07, 6.45) is -4.57. The number of aryl methyl sites for hydroxylation is 1. The van der Waals surface area contributed by atoms with Crippen LogP contribution in [-0.2, 0) is 10.9 Å². The number of ether oxygens (including phenoxy) is 1. The molecule has 5 nitrogen and oxygen atoms in total. The van der Waals surface area contributed by atoms with Crippen LogP contribution in [0.4, 0.5) is 13.2 Å². The van der Waals surface area contributed by atoms with E-state index in [9.17, 15) is 22.8 Å². The summed E-state index contributed by atoms with van der Waals surface area (Å²) in [5.74, 6) is -1.40. The highest BCUT2D eigenvalue weighted by atomic mass is 19.4. The average molecular weight is 389 g/mol. The molecule has 28 heavy (non-hydrogen) atoms. The Bertz CT molecular complexity index is 1010. The lowest BCUT2D eigenvalue weighted by molar-refractivity contribution is -0.137. The van der Waals surface area contributed by atoms with Crippen molar-refractivity contribution < 1.29 is 32.0 Å². The number of esters is 1. The topological polar surface area (TPSA) is 69.4 Å². The predicted octanol–water partition coefficient (Wildman–Crippen LogP) is 4.71. The monoisotopic (exact) mass is 389 g/mol. The lowest BCUT2D eigenvalue weighted by Gasteiger charge is -2.09. The van der Waals surface area contributed by atoms with E-state index < -0.39 is 30.1 Å². The first kappa shape index (κ1) is 19.3. The molecule has 0 bridgehead atoms. The molecule has 0 spiro atoms. The fourth-order valence-electron chi connectivity index (χ4n) is 2.56. The Morgan fingerprint density at radius 3 is 2.46 bits per heavy atom. The van der Waals surface area contributed by atoms with Crippen molar-refractivity contribution in [1.29, 1.82) is 0 Å². The summed E-state index contributed by atoms with van der Waals surface area (Å²) in [5.41, 5.74) is -0.216. The molecule has 0 atom stereocenters. The highest BCUT2D eigenvalue weighted by Crippen LogP contribution is 2.30. The smallest absolute Gasteiger partial charge is 0.416 e. The Morgan fingerprint density at radius 1 is 1.07 bits per heavy atom. The molecule has 3 aromatic rings. The number of hydrogen-bond donors (Lipinski definition) is 0. The lowest BCUT2D eigenvalue weighted by Crippen LogP contribution is -2.16.